The Hall–Kier alpha value is -4.00. The van der Waals surface area contributed by atoms with Crippen molar-refractivity contribution in [1.82, 2.24) is 9.99 Å². The van der Waals surface area contributed by atoms with Gasteiger partial charge in [-0.1, -0.05) is 48.5 Å². The number of nitrogens with one attached hydrogen (secondary N) is 1. The molecule has 3 aromatic carbocycles. The Bertz CT molecular complexity index is 1240. The molecule has 7 nitrogen and oxygen atoms in total. The Morgan fingerprint density at radius 3 is 2.27 bits per heavy atom. The summed E-state index contributed by atoms with van der Waals surface area (Å²) in [7, 11) is 0. The number of carbonyl (C=O) groups excluding carboxylic acids is 1. The van der Waals surface area contributed by atoms with Crippen LogP contribution in [-0.4, -0.2) is 21.1 Å². The van der Waals surface area contributed by atoms with E-state index in [1.54, 1.807) is 19.1 Å². The second-order valence-corrected chi connectivity index (χ2v) is 6.98. The topological polar surface area (TPSA) is 89.5 Å². The van der Waals surface area contributed by atoms with Crippen molar-refractivity contribution in [3.8, 4) is 0 Å². The number of hydrogen-bond acceptors (Lipinski definition) is 4. The van der Waals surface area contributed by atoms with Crippen molar-refractivity contribution in [2.24, 2.45) is 5.10 Å². The molecular formula is C23H20N4O3. The average Bonchev–Trinajstić information content (AvgIpc) is 3.10. The third-order valence-corrected chi connectivity index (χ3v) is 5.07. The molecule has 0 aliphatic carbocycles. The van der Waals surface area contributed by atoms with Crippen LogP contribution in [0.2, 0.25) is 0 Å². The molecule has 0 radical (unpaired) electrons. The molecular weight excluding hydrogens is 380 g/mol. The maximum absolute atomic E-state index is 12.4. The summed E-state index contributed by atoms with van der Waals surface area (Å²) in [6.45, 7) is 2.22. The third-order valence-electron chi connectivity index (χ3n) is 5.07. The zero-order valence-electron chi connectivity index (χ0n) is 16.4. The van der Waals surface area contributed by atoms with Gasteiger partial charge in [0.2, 0.25) is 5.91 Å². The van der Waals surface area contributed by atoms with Gasteiger partial charge in [0.25, 0.3) is 5.69 Å². The summed E-state index contributed by atoms with van der Waals surface area (Å²) >= 11 is 0. The van der Waals surface area contributed by atoms with Crippen molar-refractivity contribution in [3.05, 3.63) is 88.5 Å². The summed E-state index contributed by atoms with van der Waals surface area (Å²) in [5.74, 6) is -0.221. The van der Waals surface area contributed by atoms with E-state index in [4.69, 9.17) is 0 Å². The molecule has 150 valence electrons. The molecule has 1 heterocycles. The van der Waals surface area contributed by atoms with Crippen LogP contribution in [0.25, 0.3) is 21.8 Å². The first-order valence-electron chi connectivity index (χ1n) is 9.58. The third kappa shape index (κ3) is 3.77. The molecule has 0 fully saturated rings. The van der Waals surface area contributed by atoms with Gasteiger partial charge in [0.05, 0.1) is 10.6 Å². The summed E-state index contributed by atoms with van der Waals surface area (Å²) in [5, 5.41) is 17.3. The standard InChI is InChI=1S/C23H20N4O3/c1-16(17-7-6-8-18(15-17)27(29)30)24-25-23(28)13-14-26-21-11-4-2-9-19(21)20-10-3-5-12-22(20)26/h2-12,15H,13-14H2,1H3,(H,25,28). The number of amides is 1. The maximum Gasteiger partial charge on any atom is 0.270 e. The number of nitro benzene ring substituents is 1. The van der Waals surface area contributed by atoms with Crippen LogP contribution in [0.15, 0.2) is 77.9 Å². The number of nitrogens with zero attached hydrogens (tertiary/aromatic N) is 3. The predicted molar refractivity (Wildman–Crippen MR) is 118 cm³/mol. The van der Waals surface area contributed by atoms with Crippen LogP contribution < -0.4 is 5.43 Å². The van der Waals surface area contributed by atoms with E-state index in [1.807, 2.05) is 24.3 Å². The van der Waals surface area contributed by atoms with Gasteiger partial charge in [0.1, 0.15) is 0 Å². The number of aryl methyl sites for hydroxylation is 1. The summed E-state index contributed by atoms with van der Waals surface area (Å²) in [6.07, 6.45) is 0.258. The molecule has 0 saturated carbocycles. The van der Waals surface area contributed by atoms with Gasteiger partial charge in [-0.25, -0.2) is 5.43 Å². The number of aromatic nitrogens is 1. The van der Waals surface area contributed by atoms with E-state index < -0.39 is 4.92 Å². The first kappa shape index (κ1) is 19.3. The minimum atomic E-state index is -0.457. The van der Waals surface area contributed by atoms with Crippen molar-refractivity contribution in [2.75, 3.05) is 0 Å². The van der Waals surface area contributed by atoms with Crippen molar-refractivity contribution in [3.63, 3.8) is 0 Å². The Kier molecular flexibility index (Phi) is 5.26. The zero-order valence-corrected chi connectivity index (χ0v) is 16.4. The first-order valence-corrected chi connectivity index (χ1v) is 9.58. The van der Waals surface area contributed by atoms with Crippen LogP contribution in [0.1, 0.15) is 18.9 Å². The zero-order chi connectivity index (χ0) is 21.1. The number of carbonyl (C=O) groups is 1. The molecule has 0 saturated heterocycles. The average molecular weight is 400 g/mol. The van der Waals surface area contributed by atoms with E-state index in [0.29, 0.717) is 17.8 Å². The van der Waals surface area contributed by atoms with Crippen LogP contribution >= 0.6 is 0 Å². The lowest BCUT2D eigenvalue weighted by molar-refractivity contribution is -0.384. The molecule has 4 aromatic rings. The SMILES string of the molecule is CC(=NNC(=O)CCn1c2ccccc2c2ccccc21)c1cccc([N+](=O)[O-])c1. The van der Waals surface area contributed by atoms with Gasteiger partial charge in [-0.15, -0.1) is 0 Å². The summed E-state index contributed by atoms with van der Waals surface area (Å²) in [4.78, 5) is 22.8. The van der Waals surface area contributed by atoms with Crippen molar-refractivity contribution in [1.29, 1.82) is 0 Å². The fourth-order valence-corrected chi connectivity index (χ4v) is 3.57. The van der Waals surface area contributed by atoms with E-state index in [0.717, 1.165) is 21.8 Å². The van der Waals surface area contributed by atoms with Gasteiger partial charge < -0.3 is 4.57 Å². The van der Waals surface area contributed by atoms with Crippen LogP contribution in [0, 0.1) is 10.1 Å². The van der Waals surface area contributed by atoms with Gasteiger partial charge in [0, 0.05) is 52.5 Å². The molecule has 4 rings (SSSR count). The molecule has 0 bridgehead atoms. The van der Waals surface area contributed by atoms with Crippen LogP contribution in [-0.2, 0) is 11.3 Å². The van der Waals surface area contributed by atoms with Gasteiger partial charge in [0.15, 0.2) is 0 Å². The highest BCUT2D eigenvalue weighted by molar-refractivity contribution is 6.08. The van der Waals surface area contributed by atoms with Crippen molar-refractivity contribution in [2.45, 2.75) is 19.9 Å². The predicted octanol–water partition coefficient (Wildman–Crippen LogP) is 4.63. The molecule has 0 aliphatic rings. The largest absolute Gasteiger partial charge is 0.340 e. The summed E-state index contributed by atoms with van der Waals surface area (Å²) < 4.78 is 2.14. The Labute approximate surface area is 172 Å². The monoisotopic (exact) mass is 400 g/mol. The molecule has 0 unspecified atom stereocenters. The van der Waals surface area contributed by atoms with Crippen molar-refractivity contribution < 1.29 is 9.72 Å². The van der Waals surface area contributed by atoms with Crippen LogP contribution in [0.3, 0.4) is 0 Å². The van der Waals surface area contributed by atoms with E-state index in [-0.39, 0.29) is 18.0 Å². The highest BCUT2D eigenvalue weighted by atomic mass is 16.6. The lowest BCUT2D eigenvalue weighted by atomic mass is 10.1. The Morgan fingerprint density at radius 1 is 1.00 bits per heavy atom. The van der Waals surface area contributed by atoms with Gasteiger partial charge >= 0.3 is 0 Å². The number of hydrazone groups is 1. The fourth-order valence-electron chi connectivity index (χ4n) is 3.57. The smallest absolute Gasteiger partial charge is 0.270 e. The molecule has 1 aromatic heterocycles. The van der Waals surface area contributed by atoms with Crippen LogP contribution in [0.4, 0.5) is 5.69 Å². The second-order valence-electron chi connectivity index (χ2n) is 6.98. The molecule has 0 aliphatic heterocycles. The second kappa shape index (κ2) is 8.16. The minimum Gasteiger partial charge on any atom is -0.340 e. The number of fused-ring (bicyclic) bond motifs is 3. The Morgan fingerprint density at radius 2 is 1.63 bits per heavy atom. The molecule has 1 N–H and O–H groups in total. The normalized spacial score (nSPS) is 11.7. The minimum absolute atomic E-state index is 0.0141. The van der Waals surface area contributed by atoms with E-state index in [9.17, 15) is 14.9 Å². The number of nitro groups is 1. The lowest BCUT2D eigenvalue weighted by Gasteiger charge is -2.07. The molecule has 30 heavy (non-hydrogen) atoms. The van der Waals surface area contributed by atoms with E-state index in [2.05, 4.69) is 39.4 Å². The molecule has 1 amide bonds. The maximum atomic E-state index is 12.4. The van der Waals surface area contributed by atoms with Gasteiger partial charge in [-0.05, 0) is 19.1 Å². The first-order chi connectivity index (χ1) is 14.5. The van der Waals surface area contributed by atoms with Gasteiger partial charge in [-0.3, -0.25) is 14.9 Å². The number of benzene rings is 3. The Balaban J connectivity index is 1.48. The number of hydrogen-bond donors (Lipinski definition) is 1. The number of non-ortho nitro benzene ring substituents is 1. The fraction of sp³-hybridized carbons (Fsp3) is 0.130. The highest BCUT2D eigenvalue weighted by Crippen LogP contribution is 2.28. The number of rotatable bonds is 6. The van der Waals surface area contributed by atoms with Crippen molar-refractivity contribution >= 4 is 39.1 Å². The summed E-state index contributed by atoms with van der Waals surface area (Å²) in [5.41, 5.74) is 5.81. The summed E-state index contributed by atoms with van der Waals surface area (Å²) in [6, 6.07) is 22.4. The molecule has 7 heteroatoms. The lowest BCUT2D eigenvalue weighted by Crippen LogP contribution is -2.20. The quantitative estimate of drug-likeness (QED) is 0.291. The van der Waals surface area contributed by atoms with Gasteiger partial charge in [-0.2, -0.15) is 5.10 Å². The highest BCUT2D eigenvalue weighted by Gasteiger charge is 2.11. The van der Waals surface area contributed by atoms with E-state index in [1.165, 1.54) is 12.1 Å². The molecule has 0 spiro atoms. The molecule has 0 atom stereocenters. The van der Waals surface area contributed by atoms with Crippen LogP contribution in [0.5, 0.6) is 0 Å². The number of para-hydroxylation sites is 2. The van der Waals surface area contributed by atoms with E-state index >= 15 is 0 Å².